The topological polar surface area (TPSA) is 66.0 Å². The summed E-state index contributed by atoms with van der Waals surface area (Å²) >= 11 is 0. The van der Waals surface area contributed by atoms with Crippen molar-refractivity contribution in [3.05, 3.63) is 29.8 Å². The second kappa shape index (κ2) is 7.66. The maximum atomic E-state index is 12.8. The summed E-state index contributed by atoms with van der Waals surface area (Å²) in [4.78, 5) is 19.2. The fourth-order valence-electron chi connectivity index (χ4n) is 4.31. The second-order valence-corrected chi connectivity index (χ2v) is 7.33. The van der Waals surface area contributed by atoms with Gasteiger partial charge >= 0.3 is 0 Å². The van der Waals surface area contributed by atoms with E-state index in [-0.39, 0.29) is 18.6 Å². The van der Waals surface area contributed by atoms with E-state index in [1.54, 1.807) is 0 Å². The van der Waals surface area contributed by atoms with Crippen LogP contribution in [-0.4, -0.2) is 49.8 Å². The number of fused-ring (bicyclic) bond motifs is 3. The molecule has 1 aromatic rings. The Bertz CT molecular complexity index is 690. The number of guanidine groups is 1. The monoisotopic (exact) mass is 356 g/mol. The number of aliphatic imine (C=N–C) groups is 1. The maximum absolute atomic E-state index is 12.8. The molecule has 3 aliphatic heterocycles. The van der Waals surface area contributed by atoms with Crippen LogP contribution in [0, 0.1) is 0 Å². The number of rotatable bonds is 4. The molecule has 2 fully saturated rings. The van der Waals surface area contributed by atoms with Crippen LogP contribution in [0.2, 0.25) is 0 Å². The van der Waals surface area contributed by atoms with Crippen molar-refractivity contribution in [2.24, 2.45) is 4.99 Å². The Kier molecular flexibility index (Phi) is 5.11. The normalized spacial score (nSPS) is 27.3. The van der Waals surface area contributed by atoms with E-state index < -0.39 is 0 Å². The Morgan fingerprint density at radius 2 is 2.23 bits per heavy atom. The molecule has 3 aliphatic rings. The summed E-state index contributed by atoms with van der Waals surface area (Å²) in [5.41, 5.74) is 2.29. The number of carbonyl (C=O) groups is 1. The highest BCUT2D eigenvalue weighted by molar-refractivity contribution is 5.97. The average molecular weight is 356 g/mol. The molecule has 0 aliphatic carbocycles. The molecule has 140 valence electrons. The molecular weight excluding hydrogens is 328 g/mol. The molecule has 4 rings (SSSR count). The molecule has 0 radical (unpaired) electrons. The van der Waals surface area contributed by atoms with Crippen molar-refractivity contribution in [1.82, 2.24) is 10.6 Å². The Hall–Kier alpha value is -2.08. The molecule has 1 amide bonds. The number of hydrogen-bond acceptors (Lipinski definition) is 3. The SMILES string of the molecule is CCNC(=NCC(=O)N1CCCc2ccccc21)NC1CC2CCC1O2. The Labute approximate surface area is 155 Å². The van der Waals surface area contributed by atoms with Gasteiger partial charge in [0.25, 0.3) is 0 Å². The van der Waals surface area contributed by atoms with Crippen LogP contribution in [0.15, 0.2) is 29.3 Å². The third kappa shape index (κ3) is 3.56. The molecular formula is C20H28N4O2. The van der Waals surface area contributed by atoms with Crippen molar-refractivity contribution < 1.29 is 9.53 Å². The third-order valence-electron chi connectivity index (χ3n) is 5.56. The van der Waals surface area contributed by atoms with Crippen LogP contribution < -0.4 is 15.5 Å². The van der Waals surface area contributed by atoms with Crippen molar-refractivity contribution in [2.75, 3.05) is 24.5 Å². The molecule has 0 saturated carbocycles. The number of amides is 1. The van der Waals surface area contributed by atoms with Gasteiger partial charge in [-0.05, 0) is 50.7 Å². The molecule has 0 aromatic heterocycles. The number of hydrogen-bond donors (Lipinski definition) is 2. The molecule has 2 bridgehead atoms. The molecule has 3 unspecified atom stereocenters. The Morgan fingerprint density at radius 3 is 3.00 bits per heavy atom. The van der Waals surface area contributed by atoms with Crippen LogP contribution in [0.4, 0.5) is 5.69 Å². The van der Waals surface area contributed by atoms with Gasteiger partial charge in [0.1, 0.15) is 6.54 Å². The summed E-state index contributed by atoms with van der Waals surface area (Å²) < 4.78 is 5.90. The van der Waals surface area contributed by atoms with E-state index in [4.69, 9.17) is 4.74 Å². The first-order valence-electron chi connectivity index (χ1n) is 9.83. The Morgan fingerprint density at radius 1 is 1.35 bits per heavy atom. The summed E-state index contributed by atoms with van der Waals surface area (Å²) in [6.07, 6.45) is 6.04. The highest BCUT2D eigenvalue weighted by Gasteiger charge is 2.41. The molecule has 3 atom stereocenters. The molecule has 2 saturated heterocycles. The second-order valence-electron chi connectivity index (χ2n) is 7.33. The van der Waals surface area contributed by atoms with Crippen molar-refractivity contribution in [3.63, 3.8) is 0 Å². The van der Waals surface area contributed by atoms with Crippen LogP contribution in [-0.2, 0) is 16.0 Å². The summed E-state index contributed by atoms with van der Waals surface area (Å²) in [5.74, 6) is 0.769. The van der Waals surface area contributed by atoms with Gasteiger partial charge in [0.05, 0.1) is 18.2 Å². The minimum Gasteiger partial charge on any atom is -0.373 e. The highest BCUT2D eigenvalue weighted by atomic mass is 16.5. The van der Waals surface area contributed by atoms with Gasteiger partial charge in [0.2, 0.25) is 5.91 Å². The largest absolute Gasteiger partial charge is 0.373 e. The van der Waals surface area contributed by atoms with E-state index in [0.717, 1.165) is 44.5 Å². The van der Waals surface area contributed by atoms with Crippen molar-refractivity contribution in [3.8, 4) is 0 Å². The molecule has 6 nitrogen and oxygen atoms in total. The van der Waals surface area contributed by atoms with Gasteiger partial charge in [-0.2, -0.15) is 0 Å². The number of nitrogens with one attached hydrogen (secondary N) is 2. The van der Waals surface area contributed by atoms with E-state index >= 15 is 0 Å². The van der Waals surface area contributed by atoms with E-state index in [9.17, 15) is 4.79 Å². The smallest absolute Gasteiger partial charge is 0.248 e. The lowest BCUT2D eigenvalue weighted by molar-refractivity contribution is -0.117. The summed E-state index contributed by atoms with van der Waals surface area (Å²) in [7, 11) is 0. The van der Waals surface area contributed by atoms with Gasteiger partial charge in [-0.15, -0.1) is 0 Å². The van der Waals surface area contributed by atoms with Gasteiger partial charge < -0.3 is 20.3 Å². The quantitative estimate of drug-likeness (QED) is 0.638. The number of ether oxygens (including phenoxy) is 1. The average Bonchev–Trinajstić information content (AvgIpc) is 3.28. The first kappa shape index (κ1) is 17.3. The molecule has 1 aromatic carbocycles. The predicted molar refractivity (Wildman–Crippen MR) is 103 cm³/mol. The number of nitrogens with zero attached hydrogens (tertiary/aromatic N) is 2. The van der Waals surface area contributed by atoms with Crippen molar-refractivity contribution in [1.29, 1.82) is 0 Å². The summed E-state index contributed by atoms with van der Waals surface area (Å²) in [6, 6.07) is 8.48. The lowest BCUT2D eigenvalue weighted by Gasteiger charge is -2.29. The Balaban J connectivity index is 1.41. The van der Waals surface area contributed by atoms with Crippen LogP contribution >= 0.6 is 0 Å². The third-order valence-corrected chi connectivity index (χ3v) is 5.56. The zero-order valence-corrected chi connectivity index (χ0v) is 15.4. The van der Waals surface area contributed by atoms with Gasteiger partial charge in [-0.3, -0.25) is 4.79 Å². The number of para-hydroxylation sites is 1. The van der Waals surface area contributed by atoms with Crippen LogP contribution in [0.1, 0.15) is 38.2 Å². The van der Waals surface area contributed by atoms with Crippen molar-refractivity contribution in [2.45, 2.75) is 57.3 Å². The zero-order valence-electron chi connectivity index (χ0n) is 15.4. The fourth-order valence-corrected chi connectivity index (χ4v) is 4.31. The van der Waals surface area contributed by atoms with Crippen LogP contribution in [0.3, 0.4) is 0 Å². The van der Waals surface area contributed by atoms with E-state index in [2.05, 4.69) is 21.7 Å². The summed E-state index contributed by atoms with van der Waals surface area (Å²) in [5, 5.41) is 6.73. The van der Waals surface area contributed by atoms with E-state index in [1.165, 1.54) is 12.0 Å². The number of benzene rings is 1. The van der Waals surface area contributed by atoms with Gasteiger partial charge in [0, 0.05) is 18.8 Å². The maximum Gasteiger partial charge on any atom is 0.248 e. The van der Waals surface area contributed by atoms with Gasteiger partial charge in [-0.25, -0.2) is 4.99 Å². The number of anilines is 1. The standard InChI is InChI=1S/C20H28N4O2/c1-2-21-20(23-16-12-15-9-10-18(16)26-15)22-13-19(25)24-11-5-7-14-6-3-4-8-17(14)24/h3-4,6,8,15-16,18H,2,5,7,9-13H2,1H3,(H2,21,22,23). The van der Waals surface area contributed by atoms with Crippen molar-refractivity contribution >= 4 is 17.6 Å². The minimum absolute atomic E-state index is 0.0542. The summed E-state index contributed by atoms with van der Waals surface area (Å²) in [6.45, 7) is 3.74. The lowest BCUT2D eigenvalue weighted by atomic mass is 9.96. The number of carbonyl (C=O) groups excluding carboxylic acids is 1. The fraction of sp³-hybridized carbons (Fsp3) is 0.600. The van der Waals surface area contributed by atoms with Gasteiger partial charge in [0.15, 0.2) is 5.96 Å². The predicted octanol–water partition coefficient (Wildman–Crippen LogP) is 1.84. The molecule has 26 heavy (non-hydrogen) atoms. The zero-order chi connectivity index (χ0) is 17.9. The van der Waals surface area contributed by atoms with Crippen LogP contribution in [0.25, 0.3) is 0 Å². The first-order chi connectivity index (χ1) is 12.7. The molecule has 2 N–H and O–H groups in total. The minimum atomic E-state index is 0.0542. The molecule has 6 heteroatoms. The van der Waals surface area contributed by atoms with Gasteiger partial charge in [-0.1, -0.05) is 18.2 Å². The molecule has 3 heterocycles. The first-order valence-corrected chi connectivity index (χ1v) is 9.83. The number of aryl methyl sites for hydroxylation is 1. The highest BCUT2D eigenvalue weighted by Crippen LogP contribution is 2.34. The van der Waals surface area contributed by atoms with Crippen LogP contribution in [0.5, 0.6) is 0 Å². The lowest BCUT2D eigenvalue weighted by Crippen LogP contribution is -2.48. The van der Waals surface area contributed by atoms with E-state index in [1.807, 2.05) is 30.0 Å². The molecule has 0 spiro atoms. The van der Waals surface area contributed by atoms with E-state index in [0.29, 0.717) is 18.1 Å².